The molecule has 0 unspecified atom stereocenters. The lowest BCUT2D eigenvalue weighted by Crippen LogP contribution is -2.20. The quantitative estimate of drug-likeness (QED) is 0.752. The van der Waals surface area contributed by atoms with Gasteiger partial charge in [0.1, 0.15) is 0 Å². The van der Waals surface area contributed by atoms with E-state index >= 15 is 0 Å². The molecule has 0 spiro atoms. The van der Waals surface area contributed by atoms with Crippen molar-refractivity contribution < 1.29 is 9.59 Å². The predicted molar refractivity (Wildman–Crippen MR) is 81.7 cm³/mol. The molecule has 0 saturated carbocycles. The molecule has 0 radical (unpaired) electrons. The molecule has 1 N–H and O–H groups in total. The zero-order valence-corrected chi connectivity index (χ0v) is 11.7. The first-order chi connectivity index (χ1) is 10.7. The van der Waals surface area contributed by atoms with Crippen LogP contribution in [0.4, 0.5) is 0 Å². The zero-order chi connectivity index (χ0) is 15.1. The van der Waals surface area contributed by atoms with Crippen LogP contribution in [0.3, 0.4) is 0 Å². The summed E-state index contributed by atoms with van der Waals surface area (Å²) < 4.78 is 2.06. The van der Waals surface area contributed by atoms with Crippen LogP contribution in [0, 0.1) is 0 Å². The molecule has 0 aliphatic carbocycles. The summed E-state index contributed by atoms with van der Waals surface area (Å²) in [4.78, 5) is 28.0. The molecule has 5 nitrogen and oxygen atoms in total. The minimum absolute atomic E-state index is 0.300. The summed E-state index contributed by atoms with van der Waals surface area (Å²) in [6, 6.07) is 13.3. The molecule has 0 atom stereocenters. The maximum absolute atomic E-state index is 11.9. The van der Waals surface area contributed by atoms with Crippen molar-refractivity contribution >= 4 is 22.8 Å². The molecule has 3 aromatic rings. The highest BCUT2D eigenvalue weighted by atomic mass is 16.2. The van der Waals surface area contributed by atoms with Crippen LogP contribution in [0.1, 0.15) is 26.3 Å². The van der Waals surface area contributed by atoms with E-state index in [1.54, 1.807) is 12.4 Å². The molecule has 108 valence electrons. The van der Waals surface area contributed by atoms with Gasteiger partial charge in [-0.2, -0.15) is 0 Å². The van der Waals surface area contributed by atoms with Gasteiger partial charge in [-0.1, -0.05) is 24.3 Å². The van der Waals surface area contributed by atoms with E-state index in [0.29, 0.717) is 24.1 Å². The Morgan fingerprint density at radius 3 is 2.77 bits per heavy atom. The molecule has 22 heavy (non-hydrogen) atoms. The third kappa shape index (κ3) is 1.90. The number of nitrogens with one attached hydrogen (secondary N) is 1. The van der Waals surface area contributed by atoms with Crippen LogP contribution < -0.4 is 5.32 Å². The summed E-state index contributed by atoms with van der Waals surface area (Å²) >= 11 is 0. The fraction of sp³-hybridized carbons (Fsp3) is 0.118. The Bertz CT molecular complexity index is 911. The molecule has 2 aromatic carbocycles. The van der Waals surface area contributed by atoms with E-state index < -0.39 is 0 Å². The number of rotatable bonds is 3. The first-order valence-electron chi connectivity index (χ1n) is 7.11. The van der Waals surface area contributed by atoms with E-state index in [1.165, 1.54) is 0 Å². The van der Waals surface area contributed by atoms with Crippen molar-refractivity contribution in [3.8, 4) is 0 Å². The third-order valence-corrected chi connectivity index (χ3v) is 4.00. The van der Waals surface area contributed by atoms with Gasteiger partial charge >= 0.3 is 0 Å². The lowest BCUT2D eigenvalue weighted by atomic mass is 10.0. The summed E-state index contributed by atoms with van der Waals surface area (Å²) in [5, 5.41) is 2.35. The number of aromatic nitrogens is 2. The Morgan fingerprint density at radius 1 is 1.00 bits per heavy atom. The number of aryl methyl sites for hydroxylation is 2. The fourth-order valence-corrected chi connectivity index (χ4v) is 2.93. The molecular weight excluding hydrogens is 278 g/mol. The van der Waals surface area contributed by atoms with Crippen molar-refractivity contribution in [3.05, 3.63) is 65.5 Å². The number of hydrogen-bond donors (Lipinski definition) is 1. The monoisotopic (exact) mass is 291 g/mol. The van der Waals surface area contributed by atoms with Gasteiger partial charge in [0, 0.05) is 6.54 Å². The average Bonchev–Trinajstić information content (AvgIpc) is 3.07. The molecule has 0 fully saturated rings. The normalized spacial score (nSPS) is 13.5. The Kier molecular flexibility index (Phi) is 2.79. The minimum Gasteiger partial charge on any atom is -0.330 e. The van der Waals surface area contributed by atoms with E-state index in [2.05, 4.69) is 14.9 Å². The largest absolute Gasteiger partial charge is 0.330 e. The molecule has 1 aliphatic heterocycles. The first kappa shape index (κ1) is 12.8. The predicted octanol–water partition coefficient (Wildman–Crippen LogP) is 2.16. The number of para-hydroxylation sites is 2. The number of imidazole rings is 1. The fourth-order valence-electron chi connectivity index (χ4n) is 2.93. The smallest absolute Gasteiger partial charge is 0.259 e. The number of nitrogens with zero attached hydrogens (tertiary/aromatic N) is 2. The molecule has 5 heteroatoms. The molecule has 2 amide bonds. The molecule has 1 aliphatic rings. The number of carbonyl (C=O) groups is 2. The van der Waals surface area contributed by atoms with Gasteiger partial charge in [-0.25, -0.2) is 4.98 Å². The van der Waals surface area contributed by atoms with Crippen LogP contribution in [-0.4, -0.2) is 21.4 Å². The summed E-state index contributed by atoms with van der Waals surface area (Å²) in [5.41, 5.74) is 3.89. The van der Waals surface area contributed by atoms with Crippen LogP contribution >= 0.6 is 0 Å². The average molecular weight is 291 g/mol. The molecule has 0 saturated heterocycles. The SMILES string of the molecule is O=C1NC(=O)c2c(CCn3cnc4ccccc43)cccc21. The Balaban J connectivity index is 1.66. The number of carbonyl (C=O) groups excluding carboxylic acids is 2. The highest BCUT2D eigenvalue weighted by Crippen LogP contribution is 2.21. The maximum atomic E-state index is 11.9. The Labute approximate surface area is 126 Å². The van der Waals surface area contributed by atoms with E-state index in [0.717, 1.165) is 16.6 Å². The minimum atomic E-state index is -0.310. The van der Waals surface area contributed by atoms with Gasteiger partial charge in [0.15, 0.2) is 0 Å². The van der Waals surface area contributed by atoms with Crippen molar-refractivity contribution in [2.45, 2.75) is 13.0 Å². The van der Waals surface area contributed by atoms with E-state index in [4.69, 9.17) is 0 Å². The Morgan fingerprint density at radius 2 is 1.86 bits per heavy atom. The number of imide groups is 1. The molecule has 2 heterocycles. The molecular formula is C17H13N3O2. The second-order valence-electron chi connectivity index (χ2n) is 5.30. The van der Waals surface area contributed by atoms with Gasteiger partial charge < -0.3 is 4.57 Å². The highest BCUT2D eigenvalue weighted by Gasteiger charge is 2.28. The van der Waals surface area contributed by atoms with Crippen molar-refractivity contribution in [2.75, 3.05) is 0 Å². The van der Waals surface area contributed by atoms with Gasteiger partial charge in [0.2, 0.25) is 0 Å². The van der Waals surface area contributed by atoms with E-state index in [9.17, 15) is 9.59 Å². The van der Waals surface area contributed by atoms with Gasteiger partial charge in [0.25, 0.3) is 11.8 Å². The molecule has 4 rings (SSSR count). The van der Waals surface area contributed by atoms with E-state index in [-0.39, 0.29) is 11.8 Å². The second kappa shape index (κ2) is 4.80. The summed E-state index contributed by atoms with van der Waals surface area (Å²) in [6.45, 7) is 0.707. The van der Waals surface area contributed by atoms with Gasteiger partial charge in [-0.3, -0.25) is 14.9 Å². The third-order valence-electron chi connectivity index (χ3n) is 4.00. The number of amides is 2. The molecule has 1 aromatic heterocycles. The summed E-state index contributed by atoms with van der Waals surface area (Å²) in [6.07, 6.45) is 2.48. The summed E-state index contributed by atoms with van der Waals surface area (Å²) in [5.74, 6) is -0.610. The van der Waals surface area contributed by atoms with E-state index in [1.807, 2.05) is 36.4 Å². The van der Waals surface area contributed by atoms with Crippen LogP contribution in [0.2, 0.25) is 0 Å². The summed E-state index contributed by atoms with van der Waals surface area (Å²) in [7, 11) is 0. The van der Waals surface area contributed by atoms with Gasteiger partial charge in [-0.05, 0) is 30.2 Å². The number of hydrogen-bond acceptors (Lipinski definition) is 3. The first-order valence-corrected chi connectivity index (χ1v) is 7.11. The van der Waals surface area contributed by atoms with Crippen LogP contribution in [-0.2, 0) is 13.0 Å². The zero-order valence-electron chi connectivity index (χ0n) is 11.7. The van der Waals surface area contributed by atoms with Crippen LogP contribution in [0.15, 0.2) is 48.8 Å². The number of fused-ring (bicyclic) bond motifs is 2. The van der Waals surface area contributed by atoms with Crippen molar-refractivity contribution in [1.29, 1.82) is 0 Å². The standard InChI is InChI=1S/C17H13N3O2/c21-16-12-5-3-4-11(15(12)17(22)19-16)8-9-20-10-18-13-6-1-2-7-14(13)20/h1-7,10H,8-9H2,(H,19,21,22). The topological polar surface area (TPSA) is 64.0 Å². The second-order valence-corrected chi connectivity index (χ2v) is 5.30. The lowest BCUT2D eigenvalue weighted by molar-refractivity contribution is 0.0879. The molecule has 0 bridgehead atoms. The maximum Gasteiger partial charge on any atom is 0.259 e. The lowest BCUT2D eigenvalue weighted by Gasteiger charge is -2.07. The highest BCUT2D eigenvalue weighted by molar-refractivity contribution is 6.22. The van der Waals surface area contributed by atoms with Crippen LogP contribution in [0.5, 0.6) is 0 Å². The van der Waals surface area contributed by atoms with Crippen molar-refractivity contribution in [3.63, 3.8) is 0 Å². The van der Waals surface area contributed by atoms with Gasteiger partial charge in [0.05, 0.1) is 28.5 Å². The van der Waals surface area contributed by atoms with Crippen molar-refractivity contribution in [1.82, 2.24) is 14.9 Å². The Hall–Kier alpha value is -2.95. The number of benzene rings is 2. The van der Waals surface area contributed by atoms with Crippen LogP contribution in [0.25, 0.3) is 11.0 Å². The van der Waals surface area contributed by atoms with Gasteiger partial charge in [-0.15, -0.1) is 0 Å². The van der Waals surface area contributed by atoms with Crippen molar-refractivity contribution in [2.24, 2.45) is 0 Å².